The highest BCUT2D eigenvalue weighted by Gasteiger charge is 2.31. The first-order chi connectivity index (χ1) is 15.0. The molecule has 2 aromatic rings. The van der Waals surface area contributed by atoms with Gasteiger partial charge in [-0.05, 0) is 50.2 Å². The Balaban J connectivity index is 1.43. The number of ether oxygens (including phenoxy) is 1. The zero-order valence-electron chi connectivity index (χ0n) is 19.0. The van der Waals surface area contributed by atoms with Crippen LogP contribution in [0.25, 0.3) is 0 Å². The van der Waals surface area contributed by atoms with Crippen LogP contribution in [0.1, 0.15) is 35.2 Å². The molecule has 1 unspecified atom stereocenters. The molecule has 0 fully saturated rings. The second kappa shape index (κ2) is 11.1. The van der Waals surface area contributed by atoms with Crippen LogP contribution in [0.3, 0.4) is 0 Å². The van der Waals surface area contributed by atoms with Gasteiger partial charge in [0, 0.05) is 39.2 Å². The molecule has 2 aromatic carbocycles. The molecule has 3 rings (SSSR count). The van der Waals surface area contributed by atoms with Crippen molar-refractivity contribution in [1.29, 1.82) is 0 Å². The van der Waals surface area contributed by atoms with E-state index < -0.39 is 0 Å². The van der Waals surface area contributed by atoms with Gasteiger partial charge in [0.25, 0.3) is 5.91 Å². The normalized spacial score (nSPS) is 18.1. The van der Waals surface area contributed by atoms with Crippen molar-refractivity contribution in [2.24, 2.45) is 0 Å². The molecule has 1 amide bonds. The molecule has 4 heteroatoms. The van der Waals surface area contributed by atoms with Crippen LogP contribution in [0.15, 0.2) is 84.5 Å². The number of hydrogen-bond donors (Lipinski definition) is 0. The Bertz CT molecular complexity index is 892. The number of carbonyl (C=O) groups excluding carboxylic acids is 1. The minimum absolute atomic E-state index is 0.0740. The number of amides is 1. The van der Waals surface area contributed by atoms with Crippen molar-refractivity contribution in [2.75, 3.05) is 40.8 Å². The molecule has 0 N–H and O–H groups in total. The summed E-state index contributed by atoms with van der Waals surface area (Å²) in [6.07, 6.45) is 9.54. The molecule has 0 aliphatic heterocycles. The first-order valence-corrected chi connectivity index (χ1v) is 11.0. The van der Waals surface area contributed by atoms with Crippen molar-refractivity contribution in [3.8, 4) is 0 Å². The van der Waals surface area contributed by atoms with Crippen LogP contribution >= 0.6 is 0 Å². The van der Waals surface area contributed by atoms with E-state index in [-0.39, 0.29) is 11.5 Å². The van der Waals surface area contributed by atoms with Gasteiger partial charge in [-0.15, -0.1) is 0 Å². The summed E-state index contributed by atoms with van der Waals surface area (Å²) in [6, 6.07) is 19.9. The summed E-state index contributed by atoms with van der Waals surface area (Å²) in [5.41, 5.74) is 2.99. The van der Waals surface area contributed by atoms with Gasteiger partial charge in [0.15, 0.2) is 0 Å². The number of likely N-dealkylation sites (N-methyl/N-ethyl adjacent to an activating group) is 2. The smallest absolute Gasteiger partial charge is 0.253 e. The molecule has 0 radical (unpaired) electrons. The lowest BCUT2D eigenvalue weighted by atomic mass is 9.82. The third-order valence-electron chi connectivity index (χ3n) is 6.04. The highest BCUT2D eigenvalue weighted by Crippen LogP contribution is 2.37. The summed E-state index contributed by atoms with van der Waals surface area (Å²) >= 11 is 0. The first kappa shape index (κ1) is 23.0. The van der Waals surface area contributed by atoms with Crippen LogP contribution in [-0.4, -0.2) is 56.5 Å². The summed E-state index contributed by atoms with van der Waals surface area (Å²) < 4.78 is 5.97. The quantitative estimate of drug-likeness (QED) is 0.550. The van der Waals surface area contributed by atoms with Crippen LogP contribution in [0, 0.1) is 0 Å². The number of benzene rings is 2. The van der Waals surface area contributed by atoms with Gasteiger partial charge < -0.3 is 14.5 Å². The molecule has 0 saturated heterocycles. The fourth-order valence-electron chi connectivity index (χ4n) is 4.05. The standard InChI is InChI=1S/C27H34N2O2/c1-28(20-21-29(2)26(30)24-14-6-4-7-15-24)19-11-13-23-12-10-18-27(22-23,31-3)25-16-8-5-9-17-25/h4-10,12,14-18H,11,13,19-22H2,1-3H3. The lowest BCUT2D eigenvalue weighted by molar-refractivity contribution is 0.0274. The van der Waals surface area contributed by atoms with Gasteiger partial charge in [-0.2, -0.15) is 0 Å². The zero-order valence-corrected chi connectivity index (χ0v) is 19.0. The van der Waals surface area contributed by atoms with Crippen molar-refractivity contribution in [2.45, 2.75) is 24.9 Å². The summed E-state index contributed by atoms with van der Waals surface area (Å²) in [4.78, 5) is 16.6. The molecular formula is C27H34N2O2. The topological polar surface area (TPSA) is 32.8 Å². The van der Waals surface area contributed by atoms with Crippen LogP contribution < -0.4 is 0 Å². The van der Waals surface area contributed by atoms with Gasteiger partial charge in [-0.3, -0.25) is 4.79 Å². The molecule has 0 spiro atoms. The molecule has 31 heavy (non-hydrogen) atoms. The highest BCUT2D eigenvalue weighted by molar-refractivity contribution is 5.93. The van der Waals surface area contributed by atoms with Gasteiger partial charge in [0.1, 0.15) is 5.60 Å². The monoisotopic (exact) mass is 418 g/mol. The molecule has 0 heterocycles. The summed E-state index contributed by atoms with van der Waals surface area (Å²) in [7, 11) is 5.79. The second-order valence-electron chi connectivity index (χ2n) is 8.32. The number of carbonyl (C=O) groups is 1. The average Bonchev–Trinajstić information content (AvgIpc) is 2.83. The molecule has 0 saturated carbocycles. The Morgan fingerprint density at radius 2 is 1.65 bits per heavy atom. The van der Waals surface area contributed by atoms with Gasteiger partial charge in [0.2, 0.25) is 0 Å². The van der Waals surface area contributed by atoms with E-state index in [0.29, 0.717) is 0 Å². The summed E-state index contributed by atoms with van der Waals surface area (Å²) in [5.74, 6) is 0.0740. The van der Waals surface area contributed by atoms with E-state index in [0.717, 1.165) is 44.5 Å². The minimum atomic E-state index is -0.363. The van der Waals surface area contributed by atoms with Gasteiger partial charge in [0.05, 0.1) is 0 Å². The first-order valence-electron chi connectivity index (χ1n) is 11.0. The molecule has 1 aliphatic rings. The van der Waals surface area contributed by atoms with E-state index in [1.54, 1.807) is 12.0 Å². The van der Waals surface area contributed by atoms with Crippen LogP contribution in [0.4, 0.5) is 0 Å². The zero-order chi connectivity index (χ0) is 22.1. The van der Waals surface area contributed by atoms with Crippen molar-refractivity contribution in [3.63, 3.8) is 0 Å². The average molecular weight is 419 g/mol. The number of nitrogens with zero attached hydrogens (tertiary/aromatic N) is 2. The Hall–Kier alpha value is -2.69. The van der Waals surface area contributed by atoms with Crippen molar-refractivity contribution >= 4 is 5.91 Å². The lowest BCUT2D eigenvalue weighted by Crippen LogP contribution is -2.35. The van der Waals surface area contributed by atoms with E-state index >= 15 is 0 Å². The predicted octanol–water partition coefficient (Wildman–Crippen LogP) is 4.90. The third kappa shape index (κ3) is 6.16. The maximum Gasteiger partial charge on any atom is 0.253 e. The lowest BCUT2D eigenvalue weighted by Gasteiger charge is -2.33. The van der Waals surface area contributed by atoms with E-state index in [1.165, 1.54) is 11.1 Å². The van der Waals surface area contributed by atoms with Crippen molar-refractivity contribution in [1.82, 2.24) is 9.80 Å². The molecule has 1 aliphatic carbocycles. The molecule has 4 nitrogen and oxygen atoms in total. The maximum atomic E-state index is 12.5. The number of methoxy groups -OCH3 is 1. The van der Waals surface area contributed by atoms with Gasteiger partial charge >= 0.3 is 0 Å². The Kier molecular flexibility index (Phi) is 8.21. The molecular weight excluding hydrogens is 384 g/mol. The van der Waals surface area contributed by atoms with Crippen molar-refractivity contribution in [3.05, 3.63) is 95.6 Å². The molecule has 164 valence electrons. The van der Waals surface area contributed by atoms with Gasteiger partial charge in [-0.25, -0.2) is 0 Å². The van der Waals surface area contributed by atoms with Gasteiger partial charge in [-0.1, -0.05) is 66.3 Å². The van der Waals surface area contributed by atoms with Crippen LogP contribution in [-0.2, 0) is 10.3 Å². The largest absolute Gasteiger partial charge is 0.369 e. The highest BCUT2D eigenvalue weighted by atomic mass is 16.5. The Labute approximate surface area is 186 Å². The summed E-state index contributed by atoms with van der Waals surface area (Å²) in [5, 5.41) is 0. The van der Waals surface area contributed by atoms with E-state index in [9.17, 15) is 4.79 Å². The fourth-order valence-corrected chi connectivity index (χ4v) is 4.05. The predicted molar refractivity (Wildman–Crippen MR) is 127 cm³/mol. The van der Waals surface area contributed by atoms with Crippen molar-refractivity contribution < 1.29 is 9.53 Å². The molecule has 0 bridgehead atoms. The third-order valence-corrected chi connectivity index (χ3v) is 6.04. The number of allylic oxidation sites excluding steroid dienone is 2. The van der Waals surface area contributed by atoms with E-state index in [1.807, 2.05) is 43.4 Å². The molecule has 0 aromatic heterocycles. The van der Waals surface area contributed by atoms with Crippen LogP contribution in [0.5, 0.6) is 0 Å². The van der Waals surface area contributed by atoms with E-state index in [2.05, 4.69) is 54.4 Å². The van der Waals surface area contributed by atoms with Crippen LogP contribution in [0.2, 0.25) is 0 Å². The second-order valence-corrected chi connectivity index (χ2v) is 8.32. The summed E-state index contributed by atoms with van der Waals surface area (Å²) in [6.45, 7) is 2.58. The number of hydrogen-bond acceptors (Lipinski definition) is 3. The SMILES string of the molecule is COC1(c2ccccc2)C=CC=C(CCCN(C)CCN(C)C(=O)c2ccccc2)C1. The molecule has 1 atom stereocenters. The fraction of sp³-hybridized carbons (Fsp3) is 0.370. The Morgan fingerprint density at radius 3 is 2.32 bits per heavy atom. The Morgan fingerprint density at radius 1 is 0.968 bits per heavy atom. The maximum absolute atomic E-state index is 12.5. The van der Waals surface area contributed by atoms with E-state index in [4.69, 9.17) is 4.74 Å². The number of rotatable bonds is 10. The minimum Gasteiger partial charge on any atom is -0.369 e.